The number of para-hydroxylation sites is 1. The highest BCUT2D eigenvalue weighted by atomic mass is 32.2. The summed E-state index contributed by atoms with van der Waals surface area (Å²) in [7, 11) is -3.59. The van der Waals surface area contributed by atoms with E-state index in [2.05, 4.69) is 4.72 Å². The molecule has 0 aliphatic heterocycles. The van der Waals surface area contributed by atoms with Gasteiger partial charge in [-0.25, -0.2) is 17.5 Å². The van der Waals surface area contributed by atoms with E-state index in [-0.39, 0.29) is 24.5 Å². The van der Waals surface area contributed by atoms with Crippen LogP contribution in [0.15, 0.2) is 48.5 Å². The molecule has 0 unspecified atom stereocenters. The molecular weight excluding hydrogens is 305 g/mol. The van der Waals surface area contributed by atoms with Gasteiger partial charge in [0, 0.05) is 12.1 Å². The Morgan fingerprint density at radius 1 is 1.09 bits per heavy atom. The van der Waals surface area contributed by atoms with E-state index in [0.717, 1.165) is 11.3 Å². The Hall–Kier alpha value is -1.92. The van der Waals surface area contributed by atoms with Crippen LogP contribution in [0.2, 0.25) is 0 Å². The average molecular weight is 323 g/mol. The number of sulfonamides is 1. The molecule has 0 saturated heterocycles. The summed E-state index contributed by atoms with van der Waals surface area (Å²) in [5.74, 6) is -0.191. The monoisotopic (exact) mass is 323 g/mol. The van der Waals surface area contributed by atoms with Crippen LogP contribution >= 0.6 is 0 Å². The molecule has 0 spiro atoms. The third-order valence-electron chi connectivity index (χ3n) is 3.08. The molecule has 0 amide bonds. The first-order chi connectivity index (χ1) is 10.5. The molecule has 2 aromatic carbocycles. The van der Waals surface area contributed by atoms with E-state index < -0.39 is 15.8 Å². The van der Waals surface area contributed by atoms with Gasteiger partial charge in [-0.15, -0.1) is 0 Å². The lowest BCUT2D eigenvalue weighted by Gasteiger charge is -2.10. The van der Waals surface area contributed by atoms with Gasteiger partial charge in [-0.1, -0.05) is 36.4 Å². The van der Waals surface area contributed by atoms with Gasteiger partial charge in [0.1, 0.15) is 18.2 Å². The lowest BCUT2D eigenvalue weighted by Crippen LogP contribution is -2.29. The van der Waals surface area contributed by atoms with Crippen molar-refractivity contribution in [2.24, 2.45) is 0 Å². The third kappa shape index (κ3) is 4.82. The van der Waals surface area contributed by atoms with Crippen LogP contribution in [0.3, 0.4) is 0 Å². The smallest absolute Gasteiger partial charge is 0.216 e. The average Bonchev–Trinajstić information content (AvgIpc) is 2.47. The summed E-state index contributed by atoms with van der Waals surface area (Å²) < 4.78 is 45.2. The van der Waals surface area contributed by atoms with Crippen LogP contribution in [0.25, 0.3) is 0 Å². The lowest BCUT2D eigenvalue weighted by molar-refractivity contribution is 0.320. The summed E-state index contributed by atoms with van der Waals surface area (Å²) in [4.78, 5) is 0. The van der Waals surface area contributed by atoms with Crippen molar-refractivity contribution >= 4 is 10.0 Å². The first-order valence-electron chi connectivity index (χ1n) is 6.87. The molecule has 0 heterocycles. The van der Waals surface area contributed by atoms with Crippen molar-refractivity contribution in [1.29, 1.82) is 0 Å². The summed E-state index contributed by atoms with van der Waals surface area (Å²) >= 11 is 0. The Balaban J connectivity index is 1.83. The van der Waals surface area contributed by atoms with Crippen LogP contribution < -0.4 is 9.46 Å². The number of hydrogen-bond donors (Lipinski definition) is 1. The normalized spacial score (nSPS) is 11.4. The second kappa shape index (κ2) is 7.38. The molecule has 22 heavy (non-hydrogen) atoms. The molecule has 0 bridgehead atoms. The van der Waals surface area contributed by atoms with Gasteiger partial charge in [0.15, 0.2) is 0 Å². The minimum atomic E-state index is -3.59. The molecule has 0 aliphatic carbocycles. The predicted octanol–water partition coefficient (Wildman–Crippen LogP) is 2.63. The SMILES string of the molecule is Cc1ccccc1OCCNS(=O)(=O)Cc1ccccc1F. The number of aryl methyl sites for hydroxylation is 1. The van der Waals surface area contributed by atoms with E-state index >= 15 is 0 Å². The Kier molecular flexibility index (Phi) is 5.51. The molecule has 0 fully saturated rings. The Morgan fingerprint density at radius 2 is 1.77 bits per heavy atom. The van der Waals surface area contributed by atoms with Crippen molar-refractivity contribution < 1.29 is 17.5 Å². The summed E-state index contributed by atoms with van der Waals surface area (Å²) in [5.41, 5.74) is 1.13. The third-order valence-corrected chi connectivity index (χ3v) is 4.41. The molecule has 0 atom stereocenters. The minimum absolute atomic E-state index is 0.130. The van der Waals surface area contributed by atoms with Gasteiger partial charge in [-0.05, 0) is 24.6 Å². The molecule has 0 saturated carbocycles. The van der Waals surface area contributed by atoms with Crippen molar-refractivity contribution in [1.82, 2.24) is 4.72 Å². The van der Waals surface area contributed by atoms with Crippen LogP contribution in [-0.2, 0) is 15.8 Å². The van der Waals surface area contributed by atoms with E-state index in [4.69, 9.17) is 4.74 Å². The van der Waals surface area contributed by atoms with E-state index in [1.165, 1.54) is 18.2 Å². The zero-order valence-corrected chi connectivity index (χ0v) is 13.1. The van der Waals surface area contributed by atoms with Crippen molar-refractivity contribution in [3.8, 4) is 5.75 Å². The van der Waals surface area contributed by atoms with Gasteiger partial charge in [0.05, 0.1) is 5.75 Å². The molecule has 6 heteroatoms. The molecule has 1 N–H and O–H groups in total. The Bertz CT molecular complexity index is 732. The van der Waals surface area contributed by atoms with Crippen LogP contribution in [0.5, 0.6) is 5.75 Å². The minimum Gasteiger partial charge on any atom is -0.492 e. The lowest BCUT2D eigenvalue weighted by atomic mass is 10.2. The Morgan fingerprint density at radius 3 is 2.50 bits per heavy atom. The number of hydrogen-bond acceptors (Lipinski definition) is 3. The number of halogens is 1. The van der Waals surface area contributed by atoms with Gasteiger partial charge in [0.25, 0.3) is 0 Å². The molecule has 0 radical (unpaired) electrons. The second-order valence-corrected chi connectivity index (χ2v) is 6.67. The first-order valence-corrected chi connectivity index (χ1v) is 8.52. The largest absolute Gasteiger partial charge is 0.492 e. The molecule has 118 valence electrons. The van der Waals surface area contributed by atoms with E-state index in [0.29, 0.717) is 0 Å². The maximum absolute atomic E-state index is 13.5. The van der Waals surface area contributed by atoms with Crippen LogP contribution in [-0.4, -0.2) is 21.6 Å². The Labute approximate surface area is 130 Å². The fraction of sp³-hybridized carbons (Fsp3) is 0.250. The molecule has 2 aromatic rings. The van der Waals surface area contributed by atoms with Crippen molar-refractivity contribution in [2.45, 2.75) is 12.7 Å². The van der Waals surface area contributed by atoms with Crippen molar-refractivity contribution in [2.75, 3.05) is 13.2 Å². The van der Waals surface area contributed by atoms with Gasteiger partial charge < -0.3 is 4.74 Å². The summed E-state index contributed by atoms with van der Waals surface area (Å²) in [6.07, 6.45) is 0. The topological polar surface area (TPSA) is 55.4 Å². The maximum Gasteiger partial charge on any atom is 0.216 e. The fourth-order valence-corrected chi connectivity index (χ4v) is 3.09. The van der Waals surface area contributed by atoms with Gasteiger partial charge in [-0.2, -0.15) is 0 Å². The number of benzene rings is 2. The second-order valence-electron chi connectivity index (χ2n) is 4.86. The zero-order valence-electron chi connectivity index (χ0n) is 12.3. The van der Waals surface area contributed by atoms with E-state index in [1.807, 2.05) is 31.2 Å². The maximum atomic E-state index is 13.5. The number of ether oxygens (including phenoxy) is 1. The number of rotatable bonds is 7. The standard InChI is InChI=1S/C16H18FNO3S/c1-13-6-2-5-9-16(13)21-11-10-18-22(19,20)12-14-7-3-4-8-15(14)17/h2-9,18H,10-12H2,1H3. The number of nitrogens with one attached hydrogen (secondary N) is 1. The molecule has 0 aromatic heterocycles. The molecule has 4 nitrogen and oxygen atoms in total. The molecular formula is C16H18FNO3S. The van der Waals surface area contributed by atoms with Gasteiger partial charge in [-0.3, -0.25) is 0 Å². The van der Waals surface area contributed by atoms with Crippen molar-refractivity contribution in [3.05, 3.63) is 65.5 Å². The first kappa shape index (κ1) is 16.5. The quantitative estimate of drug-likeness (QED) is 0.797. The zero-order chi connectivity index (χ0) is 16.0. The van der Waals surface area contributed by atoms with Crippen LogP contribution in [0.1, 0.15) is 11.1 Å². The van der Waals surface area contributed by atoms with Gasteiger partial charge in [0.2, 0.25) is 10.0 Å². The summed E-state index contributed by atoms with van der Waals surface area (Å²) in [6, 6.07) is 13.3. The van der Waals surface area contributed by atoms with E-state index in [1.54, 1.807) is 6.07 Å². The van der Waals surface area contributed by atoms with Crippen LogP contribution in [0, 0.1) is 12.7 Å². The fourth-order valence-electron chi connectivity index (χ4n) is 1.95. The van der Waals surface area contributed by atoms with Crippen molar-refractivity contribution in [3.63, 3.8) is 0 Å². The van der Waals surface area contributed by atoms with E-state index in [9.17, 15) is 12.8 Å². The molecule has 0 aliphatic rings. The van der Waals surface area contributed by atoms with Gasteiger partial charge >= 0.3 is 0 Å². The predicted molar refractivity (Wildman–Crippen MR) is 83.7 cm³/mol. The summed E-state index contributed by atoms with van der Waals surface area (Å²) in [6.45, 7) is 2.25. The summed E-state index contributed by atoms with van der Waals surface area (Å²) in [5, 5.41) is 0. The highest BCUT2D eigenvalue weighted by Gasteiger charge is 2.13. The highest BCUT2D eigenvalue weighted by molar-refractivity contribution is 7.88. The highest BCUT2D eigenvalue weighted by Crippen LogP contribution is 2.15. The molecule has 2 rings (SSSR count). The van der Waals surface area contributed by atoms with Crippen LogP contribution in [0.4, 0.5) is 4.39 Å².